The molecule has 0 aliphatic heterocycles. The van der Waals surface area contributed by atoms with Crippen molar-refractivity contribution in [1.29, 1.82) is 0 Å². The molecule has 0 amide bonds. The van der Waals surface area contributed by atoms with E-state index in [-0.39, 0.29) is 29.6 Å². The van der Waals surface area contributed by atoms with E-state index in [0.29, 0.717) is 10.8 Å². The first-order chi connectivity index (χ1) is 11.3. The van der Waals surface area contributed by atoms with E-state index in [1.165, 1.54) is 12.1 Å². The number of carbonyl (C=O) groups is 1. The number of esters is 1. The molecule has 0 saturated heterocycles. The summed E-state index contributed by atoms with van der Waals surface area (Å²) in [5.74, 6) is -1.85. The molecular formula is C14H8F5NaO5S. The zero-order chi connectivity index (χ0) is 19.0. The van der Waals surface area contributed by atoms with Crippen molar-refractivity contribution in [3.05, 3.63) is 48.0 Å². The zero-order valence-corrected chi connectivity index (χ0v) is 15.8. The molecule has 2 aromatic carbocycles. The van der Waals surface area contributed by atoms with Gasteiger partial charge in [-0.2, -0.15) is 22.0 Å². The van der Waals surface area contributed by atoms with Crippen molar-refractivity contribution in [1.82, 2.24) is 0 Å². The van der Waals surface area contributed by atoms with Crippen LogP contribution in [0.5, 0.6) is 0 Å². The van der Waals surface area contributed by atoms with Crippen LogP contribution in [0.2, 0.25) is 0 Å². The fourth-order valence-electron chi connectivity index (χ4n) is 1.95. The Bertz CT molecular complexity index is 913. The number of hydrogen-bond donors (Lipinski definition) is 0. The van der Waals surface area contributed by atoms with Gasteiger partial charge in [0.05, 0.1) is 5.56 Å². The number of alkyl halides is 5. The summed E-state index contributed by atoms with van der Waals surface area (Å²) in [6.07, 6.45) is -10.4. The van der Waals surface area contributed by atoms with Gasteiger partial charge >= 0.3 is 47.0 Å². The number of benzene rings is 2. The van der Waals surface area contributed by atoms with Crippen LogP contribution in [0.1, 0.15) is 10.4 Å². The van der Waals surface area contributed by atoms with Gasteiger partial charge in [0, 0.05) is 0 Å². The Hall–Kier alpha value is -1.27. The number of halogens is 5. The largest absolute Gasteiger partial charge is 1.00 e. The maximum absolute atomic E-state index is 13.3. The minimum absolute atomic E-state index is 0. The van der Waals surface area contributed by atoms with Gasteiger partial charge in [-0.3, -0.25) is 0 Å². The third-order valence-corrected chi connectivity index (χ3v) is 4.03. The molecule has 0 N–H and O–H groups in total. The van der Waals surface area contributed by atoms with Crippen molar-refractivity contribution in [3.8, 4) is 0 Å². The molecule has 0 heterocycles. The molecule has 2 aromatic rings. The molecule has 26 heavy (non-hydrogen) atoms. The molecule has 136 valence electrons. The van der Waals surface area contributed by atoms with Crippen molar-refractivity contribution in [2.45, 2.75) is 17.5 Å². The van der Waals surface area contributed by atoms with E-state index in [4.69, 9.17) is 0 Å². The molecule has 0 fully saturated rings. The van der Waals surface area contributed by atoms with E-state index in [0.717, 1.165) is 12.1 Å². The van der Waals surface area contributed by atoms with E-state index >= 15 is 0 Å². The molecule has 0 spiro atoms. The molecule has 0 aliphatic rings. The summed E-state index contributed by atoms with van der Waals surface area (Å²) >= 11 is 0. The predicted molar refractivity (Wildman–Crippen MR) is 73.9 cm³/mol. The topological polar surface area (TPSA) is 83.5 Å². The van der Waals surface area contributed by atoms with Crippen molar-refractivity contribution in [2.24, 2.45) is 0 Å². The summed E-state index contributed by atoms with van der Waals surface area (Å²) in [6, 6.07) is 9.77. The summed E-state index contributed by atoms with van der Waals surface area (Å²) in [6.45, 7) is 0. The van der Waals surface area contributed by atoms with Crippen LogP contribution >= 0.6 is 0 Å². The molecule has 0 saturated carbocycles. The van der Waals surface area contributed by atoms with Crippen LogP contribution < -0.4 is 29.6 Å². The fourth-order valence-corrected chi connectivity index (χ4v) is 2.39. The first kappa shape index (κ1) is 22.8. The molecule has 12 heteroatoms. The van der Waals surface area contributed by atoms with Gasteiger partial charge in [-0.15, -0.1) is 0 Å². The Balaban J connectivity index is 0.00000338. The quantitative estimate of drug-likeness (QED) is 0.311. The van der Waals surface area contributed by atoms with E-state index < -0.39 is 39.2 Å². The molecule has 0 radical (unpaired) electrons. The SMILES string of the molecule is O=C(OC(C(F)(F)F)C(F)(F)S(=O)(=O)[O-])c1ccc2ccccc2c1.[Na+]. The van der Waals surface area contributed by atoms with Crippen LogP contribution in [0, 0.1) is 0 Å². The van der Waals surface area contributed by atoms with Gasteiger partial charge in [-0.25, -0.2) is 13.2 Å². The average Bonchev–Trinajstić information content (AvgIpc) is 2.49. The minimum Gasteiger partial charge on any atom is -0.743 e. The van der Waals surface area contributed by atoms with E-state index in [1.54, 1.807) is 18.2 Å². The maximum Gasteiger partial charge on any atom is 1.00 e. The number of hydrogen-bond acceptors (Lipinski definition) is 5. The summed E-state index contributed by atoms with van der Waals surface area (Å²) in [5.41, 5.74) is -0.521. The number of carbonyl (C=O) groups excluding carboxylic acids is 1. The van der Waals surface area contributed by atoms with Crippen molar-refractivity contribution < 1.29 is 74.0 Å². The Kier molecular flexibility index (Phi) is 6.80. The maximum atomic E-state index is 13.3. The second kappa shape index (κ2) is 7.77. The first-order valence-electron chi connectivity index (χ1n) is 6.44. The Labute approximate surface area is 166 Å². The molecule has 0 bridgehead atoms. The Morgan fingerprint density at radius 2 is 1.54 bits per heavy atom. The first-order valence-corrected chi connectivity index (χ1v) is 7.84. The Morgan fingerprint density at radius 1 is 1.00 bits per heavy atom. The minimum atomic E-state index is -6.73. The van der Waals surface area contributed by atoms with E-state index in [2.05, 4.69) is 4.74 Å². The normalized spacial score (nSPS) is 13.8. The molecule has 5 nitrogen and oxygen atoms in total. The third kappa shape index (κ3) is 4.71. The van der Waals surface area contributed by atoms with Crippen LogP contribution in [-0.2, 0) is 14.9 Å². The second-order valence-electron chi connectivity index (χ2n) is 4.90. The Morgan fingerprint density at radius 3 is 2.04 bits per heavy atom. The summed E-state index contributed by atoms with van der Waals surface area (Å²) in [5, 5.41) is -4.86. The van der Waals surface area contributed by atoms with Gasteiger partial charge < -0.3 is 9.29 Å². The van der Waals surface area contributed by atoms with Gasteiger partial charge in [-0.1, -0.05) is 30.3 Å². The van der Waals surface area contributed by atoms with Gasteiger partial charge in [0.1, 0.15) is 0 Å². The van der Waals surface area contributed by atoms with Crippen molar-refractivity contribution in [3.63, 3.8) is 0 Å². The van der Waals surface area contributed by atoms with Gasteiger partial charge in [-0.05, 0) is 22.9 Å². The van der Waals surface area contributed by atoms with Crippen LogP contribution in [-0.4, -0.2) is 36.5 Å². The zero-order valence-electron chi connectivity index (χ0n) is 13.0. The van der Waals surface area contributed by atoms with Gasteiger partial charge in [0.25, 0.3) is 6.10 Å². The molecule has 2 rings (SSSR count). The molecular weight excluding hydrogens is 398 g/mol. The van der Waals surface area contributed by atoms with Crippen molar-refractivity contribution in [2.75, 3.05) is 0 Å². The third-order valence-electron chi connectivity index (χ3n) is 3.15. The summed E-state index contributed by atoms with van der Waals surface area (Å²) < 4.78 is 99.7. The summed E-state index contributed by atoms with van der Waals surface area (Å²) in [7, 11) is -6.73. The van der Waals surface area contributed by atoms with E-state index in [1.807, 2.05) is 0 Å². The average molecular weight is 406 g/mol. The smallest absolute Gasteiger partial charge is 0.743 e. The standard InChI is InChI=1S/C14H9F5O5S.Na/c15-13(16,17)12(14(18,19)25(21,22)23)24-11(20)10-6-5-8-3-1-2-4-9(8)7-10;/h1-7,12H,(H,21,22,23);/q;+1/p-1. The van der Waals surface area contributed by atoms with Crippen LogP contribution in [0.15, 0.2) is 42.5 Å². The number of rotatable bonds is 4. The van der Waals surface area contributed by atoms with Crippen LogP contribution in [0.25, 0.3) is 10.8 Å². The molecule has 0 aromatic heterocycles. The molecule has 1 unspecified atom stereocenters. The summed E-state index contributed by atoms with van der Waals surface area (Å²) in [4.78, 5) is 11.8. The fraction of sp³-hybridized carbons (Fsp3) is 0.214. The number of fused-ring (bicyclic) bond motifs is 1. The van der Waals surface area contributed by atoms with Crippen molar-refractivity contribution >= 4 is 26.9 Å². The second-order valence-corrected chi connectivity index (χ2v) is 6.36. The van der Waals surface area contributed by atoms with Gasteiger partial charge in [0.15, 0.2) is 10.1 Å². The van der Waals surface area contributed by atoms with Crippen LogP contribution in [0.3, 0.4) is 0 Å². The predicted octanol–water partition coefficient (Wildman–Crippen LogP) is 0.0695. The molecule has 1 atom stereocenters. The molecule has 0 aliphatic carbocycles. The van der Waals surface area contributed by atoms with Crippen LogP contribution in [0.4, 0.5) is 22.0 Å². The number of ether oxygens (including phenoxy) is 1. The monoisotopic (exact) mass is 406 g/mol. The van der Waals surface area contributed by atoms with Gasteiger partial charge in [0.2, 0.25) is 0 Å². The van der Waals surface area contributed by atoms with E-state index in [9.17, 15) is 39.7 Å².